The van der Waals surface area contributed by atoms with Crippen LogP contribution in [0.2, 0.25) is 0 Å². The van der Waals surface area contributed by atoms with Gasteiger partial charge >= 0.3 is 5.97 Å². The normalized spacial score (nSPS) is 17.2. The van der Waals surface area contributed by atoms with Crippen LogP contribution in [0.25, 0.3) is 0 Å². The van der Waals surface area contributed by atoms with E-state index in [0.717, 1.165) is 37.0 Å². The molecule has 0 atom stereocenters. The number of ether oxygens (including phenoxy) is 1. The van der Waals surface area contributed by atoms with Crippen molar-refractivity contribution >= 4 is 33.2 Å². The standard InChI is InChI=1S/C20H26N2O5S2/c1-3-7-17(23)22-11-10-15-16(13-22)28-20(18(15)19(24)27-2)29(25,26)21-12-14-8-5-4-6-9-14/h14,21H,4-6,8-13H2,1-2H3. The summed E-state index contributed by atoms with van der Waals surface area (Å²) in [5, 5.41) is 0. The second-order valence-electron chi connectivity index (χ2n) is 7.37. The Kier molecular flexibility index (Phi) is 6.98. The van der Waals surface area contributed by atoms with Crippen molar-refractivity contribution in [3.05, 3.63) is 16.0 Å². The number of nitrogens with zero attached hydrogens (tertiary/aromatic N) is 1. The second kappa shape index (κ2) is 9.28. The molecule has 7 nitrogen and oxygen atoms in total. The first-order valence-electron chi connectivity index (χ1n) is 9.81. The molecular formula is C20H26N2O5S2. The van der Waals surface area contributed by atoms with E-state index >= 15 is 0 Å². The number of fused-ring (bicyclic) bond motifs is 1. The van der Waals surface area contributed by atoms with Crippen molar-refractivity contribution in [3.63, 3.8) is 0 Å². The fourth-order valence-electron chi connectivity index (χ4n) is 3.92. The molecular weight excluding hydrogens is 412 g/mol. The van der Waals surface area contributed by atoms with Crippen LogP contribution in [0.15, 0.2) is 4.21 Å². The van der Waals surface area contributed by atoms with Gasteiger partial charge in [0, 0.05) is 18.0 Å². The highest BCUT2D eigenvalue weighted by molar-refractivity contribution is 7.91. The zero-order valence-corrected chi connectivity index (χ0v) is 18.4. The molecule has 1 aliphatic heterocycles. The summed E-state index contributed by atoms with van der Waals surface area (Å²) in [6.07, 6.45) is 5.87. The summed E-state index contributed by atoms with van der Waals surface area (Å²) in [5.41, 5.74) is 0.769. The van der Waals surface area contributed by atoms with Crippen LogP contribution in [0.3, 0.4) is 0 Å². The van der Waals surface area contributed by atoms with Crippen molar-refractivity contribution in [3.8, 4) is 11.8 Å². The van der Waals surface area contributed by atoms with E-state index in [-0.39, 0.29) is 22.2 Å². The van der Waals surface area contributed by atoms with E-state index < -0.39 is 16.0 Å². The molecule has 0 spiro atoms. The molecule has 2 aliphatic rings. The number of carbonyl (C=O) groups is 2. The van der Waals surface area contributed by atoms with E-state index in [2.05, 4.69) is 16.6 Å². The summed E-state index contributed by atoms with van der Waals surface area (Å²) >= 11 is 1.05. The van der Waals surface area contributed by atoms with E-state index in [4.69, 9.17) is 4.74 Å². The van der Waals surface area contributed by atoms with Gasteiger partial charge in [-0.25, -0.2) is 17.9 Å². The fraction of sp³-hybridized carbons (Fsp3) is 0.600. The predicted molar refractivity (Wildman–Crippen MR) is 110 cm³/mol. The quantitative estimate of drug-likeness (QED) is 0.563. The van der Waals surface area contributed by atoms with Crippen molar-refractivity contribution in [1.29, 1.82) is 0 Å². The van der Waals surface area contributed by atoms with Gasteiger partial charge in [-0.1, -0.05) is 25.2 Å². The van der Waals surface area contributed by atoms with Crippen LogP contribution in [0.4, 0.5) is 0 Å². The SMILES string of the molecule is CC#CC(=O)N1CCc2c(sc(S(=O)(=O)NCC3CCCCC3)c2C(=O)OC)C1. The van der Waals surface area contributed by atoms with Crippen molar-refractivity contribution < 1.29 is 22.7 Å². The molecule has 1 aliphatic carbocycles. The third-order valence-electron chi connectivity index (χ3n) is 5.46. The number of esters is 1. The smallest absolute Gasteiger partial charge is 0.340 e. The molecule has 1 amide bonds. The van der Waals surface area contributed by atoms with Gasteiger partial charge in [-0.15, -0.1) is 11.3 Å². The molecule has 29 heavy (non-hydrogen) atoms. The largest absolute Gasteiger partial charge is 0.465 e. The molecule has 0 aromatic carbocycles. The molecule has 2 heterocycles. The summed E-state index contributed by atoms with van der Waals surface area (Å²) in [6, 6.07) is 0. The molecule has 0 radical (unpaired) electrons. The first kappa shape index (κ1) is 21.8. The topological polar surface area (TPSA) is 92.8 Å². The second-order valence-corrected chi connectivity index (χ2v) is 10.4. The number of amides is 1. The number of hydrogen-bond donors (Lipinski definition) is 1. The summed E-state index contributed by atoms with van der Waals surface area (Å²) in [6.45, 7) is 2.60. The number of thiophene rings is 1. The van der Waals surface area contributed by atoms with E-state index in [9.17, 15) is 18.0 Å². The summed E-state index contributed by atoms with van der Waals surface area (Å²) < 4.78 is 33.6. The van der Waals surface area contributed by atoms with Crippen LogP contribution in [0.5, 0.6) is 0 Å². The minimum absolute atomic E-state index is 0.0129. The Balaban J connectivity index is 1.88. The van der Waals surface area contributed by atoms with Crippen LogP contribution in [0.1, 0.15) is 59.8 Å². The molecule has 0 bridgehead atoms. The molecule has 158 valence electrons. The Morgan fingerprint density at radius 3 is 2.66 bits per heavy atom. The first-order chi connectivity index (χ1) is 13.9. The number of hydrogen-bond acceptors (Lipinski definition) is 6. The van der Waals surface area contributed by atoms with E-state index in [1.54, 1.807) is 11.8 Å². The molecule has 9 heteroatoms. The van der Waals surface area contributed by atoms with E-state index in [1.165, 1.54) is 13.5 Å². The fourth-order valence-corrected chi connectivity index (χ4v) is 6.98. The minimum Gasteiger partial charge on any atom is -0.465 e. The molecule has 1 saturated carbocycles. The minimum atomic E-state index is -3.85. The maximum Gasteiger partial charge on any atom is 0.340 e. The molecule has 3 rings (SSSR count). The highest BCUT2D eigenvalue weighted by Crippen LogP contribution is 2.37. The van der Waals surface area contributed by atoms with E-state index in [0.29, 0.717) is 35.9 Å². The molecule has 1 aromatic rings. The van der Waals surface area contributed by atoms with Crippen molar-refractivity contribution in [2.75, 3.05) is 20.2 Å². The van der Waals surface area contributed by atoms with Crippen LogP contribution in [0, 0.1) is 17.8 Å². The number of nitrogens with one attached hydrogen (secondary N) is 1. The average Bonchev–Trinajstić information content (AvgIpc) is 3.12. The molecule has 1 aromatic heterocycles. The molecule has 0 saturated heterocycles. The van der Waals surface area contributed by atoms with Crippen LogP contribution >= 0.6 is 11.3 Å². The van der Waals surface area contributed by atoms with Crippen LogP contribution < -0.4 is 4.72 Å². The van der Waals surface area contributed by atoms with Gasteiger partial charge < -0.3 is 9.64 Å². The number of sulfonamides is 1. The third-order valence-corrected chi connectivity index (χ3v) is 8.62. The Hall–Kier alpha value is -1.89. The number of methoxy groups -OCH3 is 1. The molecule has 1 N–H and O–H groups in total. The van der Waals surface area contributed by atoms with Crippen molar-refractivity contribution in [2.45, 2.75) is 56.2 Å². The maximum absolute atomic E-state index is 13.0. The lowest BCUT2D eigenvalue weighted by atomic mass is 9.90. The summed E-state index contributed by atoms with van der Waals surface area (Å²) in [4.78, 5) is 26.8. The van der Waals surface area contributed by atoms with Gasteiger partial charge in [0.1, 0.15) is 4.21 Å². The molecule has 0 unspecified atom stereocenters. The Bertz CT molecular complexity index is 949. The number of carbonyl (C=O) groups excluding carboxylic acids is 2. The highest BCUT2D eigenvalue weighted by Gasteiger charge is 2.35. The van der Waals surface area contributed by atoms with Gasteiger partial charge in [0.2, 0.25) is 0 Å². The van der Waals surface area contributed by atoms with Crippen LogP contribution in [-0.2, 0) is 32.5 Å². The first-order valence-corrected chi connectivity index (χ1v) is 12.1. The number of rotatable bonds is 5. The zero-order valence-electron chi connectivity index (χ0n) is 16.7. The lowest BCUT2D eigenvalue weighted by Crippen LogP contribution is -2.35. The highest BCUT2D eigenvalue weighted by atomic mass is 32.2. The zero-order chi connectivity index (χ0) is 21.0. The van der Waals surface area contributed by atoms with Gasteiger partial charge in [-0.05, 0) is 43.6 Å². The monoisotopic (exact) mass is 438 g/mol. The van der Waals surface area contributed by atoms with Gasteiger partial charge in [0.15, 0.2) is 0 Å². The van der Waals surface area contributed by atoms with Crippen LogP contribution in [-0.4, -0.2) is 45.4 Å². The summed E-state index contributed by atoms with van der Waals surface area (Å²) in [7, 11) is -2.61. The summed E-state index contributed by atoms with van der Waals surface area (Å²) in [5.74, 6) is 4.47. The maximum atomic E-state index is 13.0. The van der Waals surface area contributed by atoms with Gasteiger partial charge in [0.05, 0.1) is 19.2 Å². The third kappa shape index (κ3) is 4.82. The molecule has 1 fully saturated rings. The average molecular weight is 439 g/mol. The van der Waals surface area contributed by atoms with Gasteiger partial charge in [0.25, 0.3) is 15.9 Å². The Morgan fingerprint density at radius 2 is 2.00 bits per heavy atom. The van der Waals surface area contributed by atoms with E-state index in [1.807, 2.05) is 0 Å². The Morgan fingerprint density at radius 1 is 1.28 bits per heavy atom. The van der Waals surface area contributed by atoms with Crippen molar-refractivity contribution in [2.24, 2.45) is 5.92 Å². The van der Waals surface area contributed by atoms with Gasteiger partial charge in [-0.2, -0.15) is 0 Å². The predicted octanol–water partition coefficient (Wildman–Crippen LogP) is 2.30. The lowest BCUT2D eigenvalue weighted by Gasteiger charge is -2.25. The van der Waals surface area contributed by atoms with Gasteiger partial charge in [-0.3, -0.25) is 4.79 Å². The van der Waals surface area contributed by atoms with Crippen molar-refractivity contribution in [1.82, 2.24) is 9.62 Å². The Labute approximate surface area is 175 Å². The lowest BCUT2D eigenvalue weighted by molar-refractivity contribution is -0.125.